The number of methoxy groups -OCH3 is 2. The summed E-state index contributed by atoms with van der Waals surface area (Å²) in [5.74, 6) is 0.496. The van der Waals surface area contributed by atoms with Gasteiger partial charge in [0.1, 0.15) is 11.5 Å². The van der Waals surface area contributed by atoms with Crippen LogP contribution >= 0.6 is 11.8 Å². The molecule has 0 aliphatic carbocycles. The predicted molar refractivity (Wildman–Crippen MR) is 120 cm³/mol. The molecule has 0 aromatic heterocycles. The fourth-order valence-corrected chi connectivity index (χ4v) is 5.19. The number of carbonyl (C=O) groups is 2. The highest BCUT2D eigenvalue weighted by molar-refractivity contribution is 7.99. The molecule has 8 nitrogen and oxygen atoms in total. The summed E-state index contributed by atoms with van der Waals surface area (Å²) in [7, 11) is -0.730. The first kappa shape index (κ1) is 23.0. The Kier molecular flexibility index (Phi) is 7.11. The van der Waals surface area contributed by atoms with E-state index in [2.05, 4.69) is 10.6 Å². The number of amides is 2. The third-order valence-electron chi connectivity index (χ3n) is 4.74. The van der Waals surface area contributed by atoms with Gasteiger partial charge in [0.25, 0.3) is 0 Å². The van der Waals surface area contributed by atoms with Crippen molar-refractivity contribution in [1.82, 2.24) is 0 Å². The van der Waals surface area contributed by atoms with Gasteiger partial charge in [0, 0.05) is 46.9 Å². The number of benzene rings is 2. The SMILES string of the molecule is COc1cc(NC(=O)CCS(=O)(=O)c2ccc3c(c2)NC(=O)[C@@H](C)CS3)cc(OC)c1. The summed E-state index contributed by atoms with van der Waals surface area (Å²) in [5, 5.41) is 5.44. The first-order chi connectivity index (χ1) is 14.7. The van der Waals surface area contributed by atoms with Crippen LogP contribution in [0.1, 0.15) is 13.3 Å². The van der Waals surface area contributed by atoms with Crippen molar-refractivity contribution in [3.8, 4) is 11.5 Å². The molecule has 31 heavy (non-hydrogen) atoms. The van der Waals surface area contributed by atoms with Crippen molar-refractivity contribution in [2.45, 2.75) is 23.1 Å². The van der Waals surface area contributed by atoms with Crippen molar-refractivity contribution in [2.75, 3.05) is 36.4 Å². The number of nitrogens with one attached hydrogen (secondary N) is 2. The molecule has 1 aliphatic rings. The highest BCUT2D eigenvalue weighted by Crippen LogP contribution is 2.34. The molecule has 1 heterocycles. The smallest absolute Gasteiger partial charge is 0.228 e. The molecule has 3 rings (SSSR count). The standard InChI is InChI=1S/C21H24N2O6S2/c1-13-12-30-19-5-4-17(11-18(19)23-21(13)25)31(26,27)7-6-20(24)22-14-8-15(28-2)10-16(9-14)29-3/h4-5,8-11,13H,6-7,12H2,1-3H3,(H,22,24)(H,23,25)/t13-/m0/s1. The molecule has 0 saturated carbocycles. The van der Waals surface area contributed by atoms with Crippen LogP contribution in [0.4, 0.5) is 11.4 Å². The molecule has 0 saturated heterocycles. The third kappa shape index (κ3) is 5.71. The van der Waals surface area contributed by atoms with Crippen molar-refractivity contribution in [3.05, 3.63) is 36.4 Å². The lowest BCUT2D eigenvalue weighted by Gasteiger charge is -2.11. The van der Waals surface area contributed by atoms with Gasteiger partial charge in [-0.25, -0.2) is 8.42 Å². The second-order valence-electron chi connectivity index (χ2n) is 7.08. The number of thioether (sulfide) groups is 1. The van der Waals surface area contributed by atoms with Crippen LogP contribution in [0.3, 0.4) is 0 Å². The first-order valence-corrected chi connectivity index (χ1v) is 12.2. The van der Waals surface area contributed by atoms with E-state index in [0.717, 1.165) is 4.90 Å². The molecule has 0 bridgehead atoms. The highest BCUT2D eigenvalue weighted by Gasteiger charge is 2.23. The molecule has 1 aliphatic heterocycles. The van der Waals surface area contributed by atoms with Gasteiger partial charge in [0.15, 0.2) is 9.84 Å². The minimum absolute atomic E-state index is 0.0672. The number of anilines is 2. The van der Waals surface area contributed by atoms with Crippen LogP contribution in [0.2, 0.25) is 0 Å². The Bertz CT molecular complexity index is 1080. The van der Waals surface area contributed by atoms with Gasteiger partial charge in [-0.3, -0.25) is 9.59 Å². The van der Waals surface area contributed by atoms with E-state index in [-0.39, 0.29) is 28.9 Å². The zero-order valence-electron chi connectivity index (χ0n) is 17.4. The lowest BCUT2D eigenvalue weighted by molar-refractivity contribution is -0.118. The minimum atomic E-state index is -3.72. The summed E-state index contributed by atoms with van der Waals surface area (Å²) in [6.45, 7) is 1.82. The molecule has 0 unspecified atom stereocenters. The Balaban J connectivity index is 1.68. The van der Waals surface area contributed by atoms with E-state index in [0.29, 0.717) is 28.6 Å². The third-order valence-corrected chi connectivity index (χ3v) is 7.78. The van der Waals surface area contributed by atoms with E-state index >= 15 is 0 Å². The lowest BCUT2D eigenvalue weighted by atomic mass is 10.2. The summed E-state index contributed by atoms with van der Waals surface area (Å²) in [6, 6.07) is 9.54. The topological polar surface area (TPSA) is 111 Å². The zero-order valence-corrected chi connectivity index (χ0v) is 19.1. The number of sulfone groups is 1. The van der Waals surface area contributed by atoms with E-state index in [1.807, 2.05) is 6.92 Å². The average Bonchev–Trinajstić information content (AvgIpc) is 2.89. The molecule has 2 aromatic carbocycles. The van der Waals surface area contributed by atoms with Crippen molar-refractivity contribution < 1.29 is 27.5 Å². The van der Waals surface area contributed by atoms with E-state index in [4.69, 9.17) is 9.47 Å². The molecule has 1 atom stereocenters. The molecule has 0 fully saturated rings. The van der Waals surface area contributed by atoms with Crippen LogP contribution in [-0.2, 0) is 19.4 Å². The lowest BCUT2D eigenvalue weighted by Crippen LogP contribution is -2.20. The maximum absolute atomic E-state index is 12.8. The summed E-state index contributed by atoms with van der Waals surface area (Å²) in [5.41, 5.74) is 0.922. The molecular weight excluding hydrogens is 440 g/mol. The van der Waals surface area contributed by atoms with Gasteiger partial charge in [-0.15, -0.1) is 11.8 Å². The predicted octanol–water partition coefficient (Wildman–Crippen LogP) is 3.19. The number of hydrogen-bond acceptors (Lipinski definition) is 7. The molecule has 2 N–H and O–H groups in total. The first-order valence-electron chi connectivity index (χ1n) is 9.55. The summed E-state index contributed by atoms with van der Waals surface area (Å²) in [6.07, 6.45) is -0.225. The van der Waals surface area contributed by atoms with E-state index in [1.54, 1.807) is 24.3 Å². The van der Waals surface area contributed by atoms with Gasteiger partial charge in [-0.1, -0.05) is 6.92 Å². The number of hydrogen-bond donors (Lipinski definition) is 2. The van der Waals surface area contributed by atoms with Gasteiger partial charge < -0.3 is 20.1 Å². The van der Waals surface area contributed by atoms with Crippen LogP contribution < -0.4 is 20.1 Å². The van der Waals surface area contributed by atoms with Crippen LogP contribution in [-0.4, -0.2) is 46.0 Å². The number of rotatable bonds is 7. The zero-order chi connectivity index (χ0) is 22.6. The fourth-order valence-electron chi connectivity index (χ4n) is 2.92. The van der Waals surface area contributed by atoms with E-state index in [9.17, 15) is 18.0 Å². The van der Waals surface area contributed by atoms with Gasteiger partial charge in [0.2, 0.25) is 11.8 Å². The minimum Gasteiger partial charge on any atom is -0.497 e. The molecule has 166 valence electrons. The van der Waals surface area contributed by atoms with E-state index in [1.165, 1.54) is 38.1 Å². The van der Waals surface area contributed by atoms with Gasteiger partial charge >= 0.3 is 0 Å². The van der Waals surface area contributed by atoms with Gasteiger partial charge in [-0.05, 0) is 18.2 Å². The second kappa shape index (κ2) is 9.61. The molecular formula is C21H24N2O6S2. The van der Waals surface area contributed by atoms with Crippen molar-refractivity contribution in [3.63, 3.8) is 0 Å². The van der Waals surface area contributed by atoms with Crippen molar-refractivity contribution in [1.29, 1.82) is 0 Å². The quantitative estimate of drug-likeness (QED) is 0.647. The largest absolute Gasteiger partial charge is 0.497 e. The second-order valence-corrected chi connectivity index (χ2v) is 10.2. The van der Waals surface area contributed by atoms with Crippen molar-refractivity contribution in [2.24, 2.45) is 5.92 Å². The Morgan fingerprint density at radius 2 is 1.84 bits per heavy atom. The van der Waals surface area contributed by atoms with Gasteiger partial charge in [-0.2, -0.15) is 0 Å². The highest BCUT2D eigenvalue weighted by atomic mass is 32.2. The molecule has 2 aromatic rings. The maximum atomic E-state index is 12.8. The number of ether oxygens (including phenoxy) is 2. The Morgan fingerprint density at radius 1 is 1.16 bits per heavy atom. The fraction of sp³-hybridized carbons (Fsp3) is 0.333. The van der Waals surface area contributed by atoms with Crippen LogP contribution in [0, 0.1) is 5.92 Å². The normalized spacial score (nSPS) is 16.0. The van der Waals surface area contributed by atoms with E-state index < -0.39 is 15.7 Å². The summed E-state index contributed by atoms with van der Waals surface area (Å²) in [4.78, 5) is 25.3. The average molecular weight is 465 g/mol. The molecule has 10 heteroatoms. The summed E-state index contributed by atoms with van der Waals surface area (Å²) < 4.78 is 35.9. The van der Waals surface area contributed by atoms with Crippen LogP contribution in [0.25, 0.3) is 0 Å². The Labute approximate surface area is 185 Å². The summed E-state index contributed by atoms with van der Waals surface area (Å²) >= 11 is 1.50. The van der Waals surface area contributed by atoms with Crippen LogP contribution in [0.15, 0.2) is 46.2 Å². The number of carbonyl (C=O) groups excluding carboxylic acids is 2. The van der Waals surface area contributed by atoms with Gasteiger partial charge in [0.05, 0.1) is 30.6 Å². The maximum Gasteiger partial charge on any atom is 0.228 e. The molecule has 0 spiro atoms. The van der Waals surface area contributed by atoms with Crippen molar-refractivity contribution >= 4 is 44.8 Å². The van der Waals surface area contributed by atoms with Crippen LogP contribution in [0.5, 0.6) is 11.5 Å². The Morgan fingerprint density at radius 3 is 2.48 bits per heavy atom. The molecule has 2 amide bonds. The molecule has 0 radical (unpaired) electrons. The monoisotopic (exact) mass is 464 g/mol. The number of fused-ring (bicyclic) bond motifs is 1. The Hall–Kier alpha value is -2.72.